The molecule has 0 aliphatic heterocycles. The molecule has 2 N–H and O–H groups in total. The fourth-order valence-electron chi connectivity index (χ4n) is 2.86. The van der Waals surface area contributed by atoms with E-state index in [-0.39, 0.29) is 16.1 Å². The number of aromatic nitrogens is 1. The predicted molar refractivity (Wildman–Crippen MR) is 116 cm³/mol. The molecule has 0 bridgehead atoms. The van der Waals surface area contributed by atoms with Gasteiger partial charge in [-0.2, -0.15) is 0 Å². The number of anilines is 2. The van der Waals surface area contributed by atoms with Crippen molar-refractivity contribution >= 4 is 48.3 Å². The second-order valence-electron chi connectivity index (χ2n) is 6.54. The fourth-order valence-corrected chi connectivity index (χ4v) is 4.85. The number of aryl methyl sites for hydroxylation is 1. The van der Waals surface area contributed by atoms with Gasteiger partial charge in [0.2, 0.25) is 0 Å². The quantitative estimate of drug-likeness (QED) is 0.466. The maximum Gasteiger partial charge on any atom is 0.261 e. The van der Waals surface area contributed by atoms with Crippen LogP contribution in [0.25, 0.3) is 10.2 Å². The monoisotopic (exact) mass is 441 g/mol. The number of fused-ring (bicyclic) bond motifs is 1. The molecule has 1 heterocycles. The van der Waals surface area contributed by atoms with Crippen molar-refractivity contribution < 1.29 is 17.6 Å². The van der Waals surface area contributed by atoms with Crippen molar-refractivity contribution in [2.24, 2.45) is 0 Å². The first-order chi connectivity index (χ1) is 14.3. The minimum Gasteiger partial charge on any atom is -0.298 e. The van der Waals surface area contributed by atoms with E-state index < -0.39 is 21.7 Å². The molecule has 1 amide bonds. The van der Waals surface area contributed by atoms with Gasteiger partial charge in [0.25, 0.3) is 15.9 Å². The van der Waals surface area contributed by atoms with E-state index in [2.05, 4.69) is 15.0 Å². The van der Waals surface area contributed by atoms with Crippen LogP contribution < -0.4 is 10.0 Å². The highest BCUT2D eigenvalue weighted by molar-refractivity contribution is 7.92. The molecule has 152 valence electrons. The van der Waals surface area contributed by atoms with E-state index in [0.29, 0.717) is 5.13 Å². The number of nitrogens with zero attached hydrogens (tertiary/aromatic N) is 1. The van der Waals surface area contributed by atoms with E-state index in [1.54, 1.807) is 12.1 Å². The molecule has 0 saturated carbocycles. The first kappa shape index (κ1) is 20.0. The zero-order valence-electron chi connectivity index (χ0n) is 15.7. The number of para-hydroxylation sites is 1. The van der Waals surface area contributed by atoms with Crippen LogP contribution in [0.15, 0.2) is 71.6 Å². The first-order valence-corrected chi connectivity index (χ1v) is 11.2. The molecule has 9 heteroatoms. The first-order valence-electron chi connectivity index (χ1n) is 8.88. The lowest BCUT2D eigenvalue weighted by atomic mass is 10.2. The summed E-state index contributed by atoms with van der Waals surface area (Å²) in [4.78, 5) is 17.0. The molecule has 1 aromatic heterocycles. The second kappa shape index (κ2) is 7.85. The zero-order chi connectivity index (χ0) is 21.3. The summed E-state index contributed by atoms with van der Waals surface area (Å²) in [6, 6.07) is 16.4. The molecule has 0 saturated heterocycles. The van der Waals surface area contributed by atoms with Crippen molar-refractivity contribution in [1.82, 2.24) is 4.98 Å². The molecule has 0 aliphatic rings. The SMILES string of the molecule is Cc1cccc2sc(NC(=O)c3cccc(NS(=O)(=O)c4ccc(F)cc4)c3)nc12. The highest BCUT2D eigenvalue weighted by Gasteiger charge is 2.16. The summed E-state index contributed by atoms with van der Waals surface area (Å²) in [6.45, 7) is 1.95. The summed E-state index contributed by atoms with van der Waals surface area (Å²) >= 11 is 1.36. The van der Waals surface area contributed by atoms with Crippen LogP contribution in [-0.4, -0.2) is 19.3 Å². The third kappa shape index (κ3) is 4.17. The standard InChI is InChI=1S/C21H16FN3O3S2/c1-13-4-2-7-18-19(13)23-21(29-18)24-20(26)14-5-3-6-16(12-14)25-30(27,28)17-10-8-15(22)9-11-17/h2-12,25H,1H3,(H,23,24,26). The summed E-state index contributed by atoms with van der Waals surface area (Å²) < 4.78 is 41.4. The van der Waals surface area contributed by atoms with Gasteiger partial charge >= 0.3 is 0 Å². The molecule has 4 aromatic rings. The van der Waals surface area contributed by atoms with Crippen LogP contribution in [0.2, 0.25) is 0 Å². The Kier molecular flexibility index (Phi) is 5.23. The number of rotatable bonds is 5. The van der Waals surface area contributed by atoms with Gasteiger partial charge in [0.15, 0.2) is 5.13 Å². The Balaban J connectivity index is 1.54. The molecular weight excluding hydrogens is 425 g/mol. The largest absolute Gasteiger partial charge is 0.298 e. The normalized spacial score (nSPS) is 11.4. The number of amides is 1. The topological polar surface area (TPSA) is 88.2 Å². The van der Waals surface area contributed by atoms with Gasteiger partial charge in [-0.15, -0.1) is 0 Å². The molecule has 0 atom stereocenters. The molecule has 30 heavy (non-hydrogen) atoms. The Morgan fingerprint density at radius 3 is 2.50 bits per heavy atom. The molecule has 4 rings (SSSR count). The summed E-state index contributed by atoms with van der Waals surface area (Å²) in [5, 5.41) is 3.21. The average Bonchev–Trinajstić information content (AvgIpc) is 3.12. The third-order valence-electron chi connectivity index (χ3n) is 4.34. The Labute approximate surface area is 176 Å². The number of hydrogen-bond donors (Lipinski definition) is 2. The summed E-state index contributed by atoms with van der Waals surface area (Å²) in [5.41, 5.74) is 2.33. The zero-order valence-corrected chi connectivity index (χ0v) is 17.4. The second-order valence-corrected chi connectivity index (χ2v) is 9.25. The van der Waals surface area contributed by atoms with E-state index in [9.17, 15) is 17.6 Å². The van der Waals surface area contributed by atoms with Crippen molar-refractivity contribution in [2.45, 2.75) is 11.8 Å². The number of carbonyl (C=O) groups excluding carboxylic acids is 1. The molecule has 6 nitrogen and oxygen atoms in total. The minimum atomic E-state index is -3.91. The van der Waals surface area contributed by atoms with Gasteiger partial charge in [0.1, 0.15) is 5.82 Å². The Morgan fingerprint density at radius 2 is 1.77 bits per heavy atom. The molecular formula is C21H16FN3O3S2. The number of benzene rings is 3. The van der Waals surface area contributed by atoms with E-state index in [0.717, 1.165) is 27.9 Å². The van der Waals surface area contributed by atoms with Crippen molar-refractivity contribution in [3.8, 4) is 0 Å². The lowest BCUT2D eigenvalue weighted by molar-refractivity contribution is 0.102. The Hall–Kier alpha value is -3.30. The van der Waals surface area contributed by atoms with Crippen LogP contribution in [-0.2, 0) is 10.0 Å². The lowest BCUT2D eigenvalue weighted by Gasteiger charge is -2.09. The van der Waals surface area contributed by atoms with Crippen LogP contribution in [0, 0.1) is 12.7 Å². The predicted octanol–water partition coefficient (Wildman–Crippen LogP) is 4.80. The number of halogens is 1. The van der Waals surface area contributed by atoms with Gasteiger partial charge in [-0.05, 0) is 61.0 Å². The van der Waals surface area contributed by atoms with Gasteiger partial charge in [0.05, 0.1) is 15.1 Å². The summed E-state index contributed by atoms with van der Waals surface area (Å²) in [7, 11) is -3.91. The molecule has 3 aromatic carbocycles. The van der Waals surface area contributed by atoms with Gasteiger partial charge < -0.3 is 0 Å². The fraction of sp³-hybridized carbons (Fsp3) is 0.0476. The average molecular weight is 442 g/mol. The summed E-state index contributed by atoms with van der Waals surface area (Å²) in [6.07, 6.45) is 0. The Morgan fingerprint density at radius 1 is 1.03 bits per heavy atom. The van der Waals surface area contributed by atoms with E-state index in [1.807, 2.05) is 25.1 Å². The van der Waals surface area contributed by atoms with Crippen molar-refractivity contribution in [3.63, 3.8) is 0 Å². The van der Waals surface area contributed by atoms with Crippen LogP contribution in [0.1, 0.15) is 15.9 Å². The molecule has 0 fully saturated rings. The smallest absolute Gasteiger partial charge is 0.261 e. The molecule has 0 spiro atoms. The van der Waals surface area contributed by atoms with E-state index in [1.165, 1.54) is 35.6 Å². The Bertz CT molecular complexity index is 1350. The van der Waals surface area contributed by atoms with Crippen molar-refractivity contribution in [3.05, 3.63) is 83.7 Å². The van der Waals surface area contributed by atoms with Crippen LogP contribution in [0.4, 0.5) is 15.2 Å². The number of sulfonamides is 1. The van der Waals surface area contributed by atoms with Gasteiger partial charge in [-0.25, -0.2) is 17.8 Å². The van der Waals surface area contributed by atoms with Gasteiger partial charge in [0, 0.05) is 11.3 Å². The maximum atomic E-state index is 13.0. The van der Waals surface area contributed by atoms with E-state index in [4.69, 9.17) is 0 Å². The minimum absolute atomic E-state index is 0.0800. The maximum absolute atomic E-state index is 13.0. The molecule has 0 radical (unpaired) electrons. The summed E-state index contributed by atoms with van der Waals surface area (Å²) in [5.74, 6) is -0.938. The van der Waals surface area contributed by atoms with Crippen LogP contribution in [0.3, 0.4) is 0 Å². The van der Waals surface area contributed by atoms with Gasteiger partial charge in [-0.1, -0.05) is 29.5 Å². The number of thiazole rings is 1. The van der Waals surface area contributed by atoms with Crippen molar-refractivity contribution in [1.29, 1.82) is 0 Å². The van der Waals surface area contributed by atoms with Crippen molar-refractivity contribution in [2.75, 3.05) is 10.0 Å². The number of nitrogens with one attached hydrogen (secondary N) is 2. The highest BCUT2D eigenvalue weighted by Crippen LogP contribution is 2.28. The van der Waals surface area contributed by atoms with Crippen LogP contribution in [0.5, 0.6) is 0 Å². The third-order valence-corrected chi connectivity index (χ3v) is 6.68. The molecule has 0 aliphatic carbocycles. The van der Waals surface area contributed by atoms with Crippen LogP contribution >= 0.6 is 11.3 Å². The highest BCUT2D eigenvalue weighted by atomic mass is 32.2. The van der Waals surface area contributed by atoms with Gasteiger partial charge in [-0.3, -0.25) is 14.8 Å². The molecule has 0 unspecified atom stereocenters. The lowest BCUT2D eigenvalue weighted by Crippen LogP contribution is -2.15. The van der Waals surface area contributed by atoms with E-state index >= 15 is 0 Å². The number of carbonyl (C=O) groups is 1. The number of hydrogen-bond acceptors (Lipinski definition) is 5.